The largest absolute Gasteiger partial charge is 0.573 e. The molecule has 0 fully saturated rings. The molecular formula is C11H7F3N2O. The minimum absolute atomic E-state index is 0.277. The Labute approximate surface area is 94.9 Å². The number of aromatic nitrogens is 2. The van der Waals surface area contributed by atoms with Gasteiger partial charge in [0, 0.05) is 18.0 Å². The number of halogens is 3. The zero-order chi connectivity index (χ0) is 12.3. The molecule has 0 aliphatic heterocycles. The van der Waals surface area contributed by atoms with E-state index in [0.717, 1.165) is 0 Å². The highest BCUT2D eigenvalue weighted by atomic mass is 19.4. The molecule has 0 spiro atoms. The first-order chi connectivity index (χ1) is 8.04. The van der Waals surface area contributed by atoms with Gasteiger partial charge in [0.2, 0.25) is 0 Å². The van der Waals surface area contributed by atoms with Gasteiger partial charge in [-0.05, 0) is 12.1 Å². The minimum atomic E-state index is -4.69. The molecule has 88 valence electrons. The molecule has 1 heterocycles. The van der Waals surface area contributed by atoms with Crippen LogP contribution in [0.25, 0.3) is 11.3 Å². The molecule has 0 saturated carbocycles. The highest BCUT2D eigenvalue weighted by Crippen LogP contribution is 2.26. The molecule has 0 radical (unpaired) electrons. The van der Waals surface area contributed by atoms with Gasteiger partial charge in [-0.2, -0.15) is 0 Å². The predicted octanol–water partition coefficient (Wildman–Crippen LogP) is 3.04. The van der Waals surface area contributed by atoms with Crippen LogP contribution in [0.1, 0.15) is 0 Å². The summed E-state index contributed by atoms with van der Waals surface area (Å²) in [4.78, 5) is 7.83. The lowest BCUT2D eigenvalue weighted by molar-refractivity contribution is -0.274. The fraction of sp³-hybridized carbons (Fsp3) is 0.0909. The summed E-state index contributed by atoms with van der Waals surface area (Å²) in [7, 11) is 0. The van der Waals surface area contributed by atoms with Gasteiger partial charge in [0.25, 0.3) is 0 Å². The lowest BCUT2D eigenvalue weighted by Gasteiger charge is -2.09. The fourth-order valence-corrected chi connectivity index (χ4v) is 1.30. The number of ether oxygens (including phenoxy) is 1. The van der Waals surface area contributed by atoms with Crippen LogP contribution in [0.15, 0.2) is 42.9 Å². The van der Waals surface area contributed by atoms with Crippen molar-refractivity contribution in [3.05, 3.63) is 42.9 Å². The third kappa shape index (κ3) is 3.17. The predicted molar refractivity (Wildman–Crippen MR) is 54.2 cm³/mol. The maximum absolute atomic E-state index is 12.0. The summed E-state index contributed by atoms with van der Waals surface area (Å²) in [6.45, 7) is 0. The summed E-state index contributed by atoms with van der Waals surface area (Å²) in [6.07, 6.45) is -0.278. The van der Waals surface area contributed by atoms with E-state index in [2.05, 4.69) is 14.7 Å². The van der Waals surface area contributed by atoms with Crippen molar-refractivity contribution in [3.8, 4) is 17.0 Å². The summed E-state index contributed by atoms with van der Waals surface area (Å²) in [6, 6.07) is 5.59. The third-order valence-electron chi connectivity index (χ3n) is 1.93. The van der Waals surface area contributed by atoms with Crippen LogP contribution in [0.4, 0.5) is 13.2 Å². The molecule has 0 bridgehead atoms. The fourth-order valence-electron chi connectivity index (χ4n) is 1.30. The van der Waals surface area contributed by atoms with Crippen molar-refractivity contribution in [3.63, 3.8) is 0 Å². The Morgan fingerprint density at radius 2 is 1.94 bits per heavy atom. The normalized spacial score (nSPS) is 11.2. The summed E-state index contributed by atoms with van der Waals surface area (Å²) in [5, 5.41) is 0. The molecule has 1 aromatic heterocycles. The minimum Gasteiger partial charge on any atom is -0.406 e. The van der Waals surface area contributed by atoms with Gasteiger partial charge in [-0.3, -0.25) is 9.97 Å². The van der Waals surface area contributed by atoms with Gasteiger partial charge >= 0.3 is 6.36 Å². The zero-order valence-electron chi connectivity index (χ0n) is 8.48. The average molecular weight is 240 g/mol. The lowest BCUT2D eigenvalue weighted by Crippen LogP contribution is -2.17. The molecule has 2 aromatic rings. The van der Waals surface area contributed by atoms with Crippen molar-refractivity contribution in [1.82, 2.24) is 9.97 Å². The maximum atomic E-state index is 12.0. The van der Waals surface area contributed by atoms with Crippen molar-refractivity contribution in [1.29, 1.82) is 0 Å². The molecule has 1 aromatic carbocycles. The van der Waals surface area contributed by atoms with Crippen LogP contribution in [0, 0.1) is 0 Å². The van der Waals surface area contributed by atoms with E-state index in [1.54, 1.807) is 6.07 Å². The van der Waals surface area contributed by atoms with Crippen LogP contribution in [0.3, 0.4) is 0 Å². The van der Waals surface area contributed by atoms with Gasteiger partial charge in [-0.15, -0.1) is 13.2 Å². The van der Waals surface area contributed by atoms with Gasteiger partial charge in [0.15, 0.2) is 0 Å². The Bertz CT molecular complexity index is 500. The Kier molecular flexibility index (Phi) is 2.95. The molecule has 3 nitrogen and oxygen atoms in total. The summed E-state index contributed by atoms with van der Waals surface area (Å²) < 4.78 is 39.9. The second kappa shape index (κ2) is 4.40. The lowest BCUT2D eigenvalue weighted by atomic mass is 10.1. The molecule has 0 unspecified atom stereocenters. The summed E-state index contributed by atoms with van der Waals surface area (Å²) >= 11 is 0. The van der Waals surface area contributed by atoms with Crippen LogP contribution in [0.5, 0.6) is 5.75 Å². The zero-order valence-corrected chi connectivity index (χ0v) is 8.48. The quantitative estimate of drug-likeness (QED) is 0.809. The van der Waals surface area contributed by atoms with E-state index in [1.165, 1.54) is 36.8 Å². The van der Waals surface area contributed by atoms with E-state index < -0.39 is 6.36 Å². The Morgan fingerprint density at radius 1 is 1.12 bits per heavy atom. The molecular weight excluding hydrogens is 233 g/mol. The molecule has 0 amide bonds. The monoisotopic (exact) mass is 240 g/mol. The van der Waals surface area contributed by atoms with Crippen molar-refractivity contribution in [2.24, 2.45) is 0 Å². The second-order valence-electron chi connectivity index (χ2n) is 3.17. The number of rotatable bonds is 2. The molecule has 17 heavy (non-hydrogen) atoms. The number of alkyl halides is 3. The van der Waals surface area contributed by atoms with E-state index in [9.17, 15) is 13.2 Å². The van der Waals surface area contributed by atoms with Crippen molar-refractivity contribution in [2.75, 3.05) is 0 Å². The highest BCUT2D eigenvalue weighted by molar-refractivity contribution is 5.59. The van der Waals surface area contributed by atoms with E-state index >= 15 is 0 Å². The van der Waals surface area contributed by atoms with E-state index in [4.69, 9.17) is 0 Å². The van der Waals surface area contributed by atoms with Crippen LogP contribution in [-0.2, 0) is 0 Å². The van der Waals surface area contributed by atoms with Gasteiger partial charge in [0.05, 0.1) is 11.9 Å². The molecule has 0 aliphatic carbocycles. The summed E-state index contributed by atoms with van der Waals surface area (Å²) in [5.74, 6) is -0.277. The Hall–Kier alpha value is -2.11. The van der Waals surface area contributed by atoms with Gasteiger partial charge in [-0.1, -0.05) is 12.1 Å². The smallest absolute Gasteiger partial charge is 0.406 e. The molecule has 0 saturated heterocycles. The Balaban J connectivity index is 2.29. The Morgan fingerprint density at radius 3 is 2.59 bits per heavy atom. The molecule has 0 N–H and O–H groups in total. The molecule has 0 aliphatic rings. The van der Waals surface area contributed by atoms with E-state index in [-0.39, 0.29) is 5.75 Å². The van der Waals surface area contributed by atoms with Crippen LogP contribution < -0.4 is 4.74 Å². The average Bonchev–Trinajstić information content (AvgIpc) is 2.28. The van der Waals surface area contributed by atoms with Gasteiger partial charge in [-0.25, -0.2) is 0 Å². The first-order valence-corrected chi connectivity index (χ1v) is 4.67. The topological polar surface area (TPSA) is 35.0 Å². The van der Waals surface area contributed by atoms with Gasteiger partial charge in [0.1, 0.15) is 5.75 Å². The molecule has 2 rings (SSSR count). The maximum Gasteiger partial charge on any atom is 0.573 e. The number of hydrogen-bond acceptors (Lipinski definition) is 3. The number of hydrogen-bond donors (Lipinski definition) is 0. The van der Waals surface area contributed by atoms with Crippen LogP contribution >= 0.6 is 0 Å². The molecule has 0 atom stereocenters. The number of benzene rings is 1. The second-order valence-corrected chi connectivity index (χ2v) is 3.17. The van der Waals surface area contributed by atoms with Gasteiger partial charge < -0.3 is 4.74 Å². The highest BCUT2D eigenvalue weighted by Gasteiger charge is 2.31. The standard InChI is InChI=1S/C11H7F3N2O/c12-11(13,14)17-9-3-1-2-8(6-9)10-7-15-4-5-16-10/h1-7H. The van der Waals surface area contributed by atoms with E-state index in [0.29, 0.717) is 11.3 Å². The van der Waals surface area contributed by atoms with Crippen molar-refractivity contribution < 1.29 is 17.9 Å². The third-order valence-corrected chi connectivity index (χ3v) is 1.93. The first kappa shape index (κ1) is 11.4. The first-order valence-electron chi connectivity index (χ1n) is 4.67. The number of nitrogens with zero attached hydrogens (tertiary/aromatic N) is 2. The van der Waals surface area contributed by atoms with Crippen molar-refractivity contribution in [2.45, 2.75) is 6.36 Å². The van der Waals surface area contributed by atoms with Crippen molar-refractivity contribution >= 4 is 0 Å². The molecule has 6 heteroatoms. The summed E-state index contributed by atoms with van der Waals surface area (Å²) in [5.41, 5.74) is 1.000. The van der Waals surface area contributed by atoms with E-state index in [1.807, 2.05) is 0 Å². The van der Waals surface area contributed by atoms with Crippen LogP contribution in [-0.4, -0.2) is 16.3 Å². The van der Waals surface area contributed by atoms with Crippen LogP contribution in [0.2, 0.25) is 0 Å². The SMILES string of the molecule is FC(F)(F)Oc1cccc(-c2cnccn2)c1.